The van der Waals surface area contributed by atoms with Crippen LogP contribution in [0.5, 0.6) is 17.4 Å². The van der Waals surface area contributed by atoms with Gasteiger partial charge in [0.05, 0.1) is 14.2 Å². The van der Waals surface area contributed by atoms with Crippen LogP contribution in [0.2, 0.25) is 0 Å². The predicted molar refractivity (Wildman–Crippen MR) is 81.6 cm³/mol. The van der Waals surface area contributed by atoms with Crippen LogP contribution in [-0.4, -0.2) is 31.7 Å². The molecular weight excluding hydrogens is 322 g/mol. The Balaban J connectivity index is 2.05. The third-order valence-electron chi connectivity index (χ3n) is 3.10. The Morgan fingerprint density at radius 1 is 1.17 bits per heavy atom. The molecule has 24 heavy (non-hydrogen) atoms. The van der Waals surface area contributed by atoms with Gasteiger partial charge in [-0.3, -0.25) is 4.79 Å². The fraction of sp³-hybridized carbons (Fsp3) is 0.250. The van der Waals surface area contributed by atoms with Crippen molar-refractivity contribution in [2.75, 3.05) is 14.2 Å². The van der Waals surface area contributed by atoms with Crippen LogP contribution in [0.1, 0.15) is 15.9 Å². The Hall–Kier alpha value is -2.90. The van der Waals surface area contributed by atoms with Crippen molar-refractivity contribution in [2.45, 2.75) is 13.2 Å². The van der Waals surface area contributed by atoms with Gasteiger partial charge < -0.3 is 19.5 Å². The highest BCUT2D eigenvalue weighted by Gasteiger charge is 2.14. The lowest BCUT2D eigenvalue weighted by Crippen LogP contribution is -2.23. The molecule has 0 saturated carbocycles. The number of ether oxygens (including phenoxy) is 3. The SMILES string of the molecule is COc1ccc(CNC(=O)c2ccc(OC)c(OC(F)F)c2)cn1. The van der Waals surface area contributed by atoms with Crippen LogP contribution < -0.4 is 19.5 Å². The van der Waals surface area contributed by atoms with Crippen molar-refractivity contribution in [3.05, 3.63) is 47.7 Å². The van der Waals surface area contributed by atoms with Crippen molar-refractivity contribution in [3.8, 4) is 17.4 Å². The zero-order valence-electron chi connectivity index (χ0n) is 13.1. The average molecular weight is 338 g/mol. The highest BCUT2D eigenvalue weighted by molar-refractivity contribution is 5.94. The molecule has 0 radical (unpaired) electrons. The van der Waals surface area contributed by atoms with Crippen molar-refractivity contribution in [3.63, 3.8) is 0 Å². The summed E-state index contributed by atoms with van der Waals surface area (Å²) in [7, 11) is 2.83. The molecule has 0 fully saturated rings. The minimum Gasteiger partial charge on any atom is -0.493 e. The lowest BCUT2D eigenvalue weighted by molar-refractivity contribution is -0.0512. The molecule has 1 amide bonds. The lowest BCUT2D eigenvalue weighted by atomic mass is 10.2. The zero-order chi connectivity index (χ0) is 17.5. The second-order valence-electron chi connectivity index (χ2n) is 4.64. The molecule has 128 valence electrons. The number of amides is 1. The summed E-state index contributed by atoms with van der Waals surface area (Å²) in [6.07, 6.45) is 1.57. The predicted octanol–water partition coefficient (Wildman–Crippen LogP) is 2.63. The van der Waals surface area contributed by atoms with Gasteiger partial charge in [-0.1, -0.05) is 6.07 Å². The molecule has 6 nitrogen and oxygen atoms in total. The smallest absolute Gasteiger partial charge is 0.387 e. The molecule has 2 aromatic rings. The number of nitrogens with one attached hydrogen (secondary N) is 1. The molecule has 1 heterocycles. The van der Waals surface area contributed by atoms with Gasteiger partial charge in [-0.15, -0.1) is 0 Å². The first-order chi connectivity index (χ1) is 11.5. The van der Waals surface area contributed by atoms with Crippen LogP contribution in [0.4, 0.5) is 8.78 Å². The fourth-order valence-corrected chi connectivity index (χ4v) is 1.93. The molecule has 0 unspecified atom stereocenters. The zero-order valence-corrected chi connectivity index (χ0v) is 13.1. The van der Waals surface area contributed by atoms with Crippen LogP contribution in [0, 0.1) is 0 Å². The van der Waals surface area contributed by atoms with Crippen molar-refractivity contribution in [2.24, 2.45) is 0 Å². The fourth-order valence-electron chi connectivity index (χ4n) is 1.93. The molecule has 0 spiro atoms. The number of alkyl halides is 2. The number of methoxy groups -OCH3 is 2. The molecule has 8 heteroatoms. The van der Waals surface area contributed by atoms with Crippen molar-refractivity contribution in [1.82, 2.24) is 10.3 Å². The van der Waals surface area contributed by atoms with Gasteiger partial charge in [0.15, 0.2) is 11.5 Å². The summed E-state index contributed by atoms with van der Waals surface area (Å²) in [4.78, 5) is 16.2. The van der Waals surface area contributed by atoms with Crippen LogP contribution in [0.25, 0.3) is 0 Å². The van der Waals surface area contributed by atoms with Gasteiger partial charge in [0, 0.05) is 24.4 Å². The van der Waals surface area contributed by atoms with E-state index >= 15 is 0 Å². The quantitative estimate of drug-likeness (QED) is 0.840. The summed E-state index contributed by atoms with van der Waals surface area (Å²) in [6.45, 7) is -2.78. The number of rotatable bonds is 7. The normalized spacial score (nSPS) is 10.4. The molecule has 1 aromatic carbocycles. The van der Waals surface area contributed by atoms with E-state index in [9.17, 15) is 13.6 Å². The first kappa shape index (κ1) is 17.5. The second kappa shape index (κ2) is 8.09. The lowest BCUT2D eigenvalue weighted by Gasteiger charge is -2.11. The van der Waals surface area contributed by atoms with Crippen molar-refractivity contribution >= 4 is 5.91 Å². The standard InChI is InChI=1S/C16H16F2N2O4/c1-22-12-5-4-11(7-13(12)24-16(17)18)15(21)20-9-10-3-6-14(23-2)19-8-10/h3-8,16H,9H2,1-2H3,(H,20,21). The van der Waals surface area contributed by atoms with Crippen molar-refractivity contribution in [1.29, 1.82) is 0 Å². The molecule has 0 aliphatic rings. The second-order valence-corrected chi connectivity index (χ2v) is 4.64. The Bertz CT molecular complexity index is 693. The molecule has 0 bridgehead atoms. The van der Waals surface area contributed by atoms with Gasteiger partial charge in [0.2, 0.25) is 5.88 Å². The van der Waals surface area contributed by atoms with Gasteiger partial charge in [-0.05, 0) is 23.8 Å². The largest absolute Gasteiger partial charge is 0.493 e. The van der Waals surface area contributed by atoms with Gasteiger partial charge >= 0.3 is 6.61 Å². The van der Waals surface area contributed by atoms with E-state index in [0.717, 1.165) is 5.56 Å². The summed E-state index contributed by atoms with van der Waals surface area (Å²) in [5.41, 5.74) is 0.939. The Morgan fingerprint density at radius 3 is 2.54 bits per heavy atom. The first-order valence-corrected chi connectivity index (χ1v) is 6.93. The Kier molecular flexibility index (Phi) is 5.89. The monoisotopic (exact) mass is 338 g/mol. The van der Waals surface area contributed by atoms with Gasteiger partial charge in [-0.2, -0.15) is 8.78 Å². The number of benzene rings is 1. The minimum absolute atomic E-state index is 0.117. The number of pyridine rings is 1. The maximum atomic E-state index is 12.4. The van der Waals surface area contributed by atoms with Gasteiger partial charge in [-0.25, -0.2) is 4.98 Å². The summed E-state index contributed by atoms with van der Waals surface area (Å²) in [5, 5.41) is 2.67. The molecule has 0 aliphatic heterocycles. The van der Waals surface area contributed by atoms with Gasteiger partial charge in [0.25, 0.3) is 5.91 Å². The summed E-state index contributed by atoms with van der Waals surface area (Å²) < 4.78 is 39.0. The number of aromatic nitrogens is 1. The van der Waals surface area contributed by atoms with E-state index in [1.165, 1.54) is 32.4 Å². The summed E-state index contributed by atoms with van der Waals surface area (Å²) >= 11 is 0. The van der Waals surface area contributed by atoms with E-state index in [0.29, 0.717) is 5.88 Å². The highest BCUT2D eigenvalue weighted by atomic mass is 19.3. The molecular formula is C16H16F2N2O4. The van der Waals surface area contributed by atoms with E-state index < -0.39 is 12.5 Å². The third kappa shape index (κ3) is 4.55. The topological polar surface area (TPSA) is 69.7 Å². The van der Waals surface area contributed by atoms with Crippen molar-refractivity contribution < 1.29 is 27.8 Å². The number of carbonyl (C=O) groups excluding carboxylic acids is 1. The first-order valence-electron chi connectivity index (χ1n) is 6.93. The molecule has 1 aromatic heterocycles. The highest BCUT2D eigenvalue weighted by Crippen LogP contribution is 2.29. The van der Waals surface area contributed by atoms with Gasteiger partial charge in [0.1, 0.15) is 0 Å². The number of hydrogen-bond acceptors (Lipinski definition) is 5. The van der Waals surface area contributed by atoms with E-state index in [1.54, 1.807) is 18.3 Å². The maximum absolute atomic E-state index is 12.4. The average Bonchev–Trinajstić information content (AvgIpc) is 2.59. The third-order valence-corrected chi connectivity index (χ3v) is 3.10. The van der Waals surface area contributed by atoms with Crippen LogP contribution in [0.15, 0.2) is 36.5 Å². The van der Waals surface area contributed by atoms with E-state index in [4.69, 9.17) is 9.47 Å². The maximum Gasteiger partial charge on any atom is 0.387 e. The number of nitrogens with zero attached hydrogens (tertiary/aromatic N) is 1. The summed E-state index contributed by atoms with van der Waals surface area (Å²) in [6, 6.07) is 7.47. The van der Waals surface area contributed by atoms with E-state index in [2.05, 4.69) is 15.0 Å². The van der Waals surface area contributed by atoms with Crippen LogP contribution in [-0.2, 0) is 6.54 Å². The summed E-state index contributed by atoms with van der Waals surface area (Å²) in [5.74, 6) is -0.0564. The molecule has 0 saturated heterocycles. The number of halogens is 2. The molecule has 2 rings (SSSR count). The number of hydrogen-bond donors (Lipinski definition) is 1. The minimum atomic E-state index is -3.01. The Labute approximate surface area is 137 Å². The van der Waals surface area contributed by atoms with Crippen LogP contribution >= 0.6 is 0 Å². The van der Waals surface area contributed by atoms with E-state index in [-0.39, 0.29) is 23.6 Å². The Morgan fingerprint density at radius 2 is 1.96 bits per heavy atom. The number of carbonyl (C=O) groups is 1. The van der Waals surface area contributed by atoms with Crippen LogP contribution in [0.3, 0.4) is 0 Å². The van der Waals surface area contributed by atoms with E-state index in [1.807, 2.05) is 0 Å². The molecule has 0 atom stereocenters. The molecule has 1 N–H and O–H groups in total. The molecule has 0 aliphatic carbocycles.